The van der Waals surface area contributed by atoms with Crippen molar-refractivity contribution in [2.45, 2.75) is 5.92 Å². The van der Waals surface area contributed by atoms with E-state index < -0.39 is 0 Å². The smallest absolute Gasteiger partial charge is 0.203 e. The van der Waals surface area contributed by atoms with Crippen LogP contribution in [0.5, 0.6) is 40.2 Å². The summed E-state index contributed by atoms with van der Waals surface area (Å²) in [4.78, 5) is 0. The number of allylic oxidation sites excluding steroid dienone is 1. The molecule has 0 fully saturated rings. The fourth-order valence-electron chi connectivity index (χ4n) is 4.99. The van der Waals surface area contributed by atoms with E-state index in [0.29, 0.717) is 40.3 Å². The Hall–Kier alpha value is -4.52. The van der Waals surface area contributed by atoms with Crippen LogP contribution in [-0.2, 0) is 0 Å². The zero-order valence-corrected chi connectivity index (χ0v) is 22.3. The lowest BCUT2D eigenvalue weighted by Crippen LogP contribution is -2.12. The second-order valence-electron chi connectivity index (χ2n) is 8.68. The van der Waals surface area contributed by atoms with Crippen molar-refractivity contribution in [3.05, 3.63) is 83.4 Å². The highest BCUT2D eigenvalue weighted by Crippen LogP contribution is 2.49. The molecular formula is C31H30O7. The lowest BCUT2D eigenvalue weighted by Gasteiger charge is -2.28. The first-order valence-electron chi connectivity index (χ1n) is 12.1. The van der Waals surface area contributed by atoms with E-state index in [0.717, 1.165) is 33.2 Å². The normalized spacial score (nSPS) is 14.2. The first kappa shape index (κ1) is 25.1. The number of methoxy groups -OCH3 is 6. The van der Waals surface area contributed by atoms with Gasteiger partial charge in [-0.2, -0.15) is 0 Å². The van der Waals surface area contributed by atoms with Crippen molar-refractivity contribution in [2.24, 2.45) is 0 Å². The maximum absolute atomic E-state index is 6.53. The third-order valence-corrected chi connectivity index (χ3v) is 6.78. The molecule has 0 spiro atoms. The van der Waals surface area contributed by atoms with Crippen LogP contribution in [0.1, 0.15) is 22.6 Å². The molecule has 7 nitrogen and oxygen atoms in total. The fourth-order valence-corrected chi connectivity index (χ4v) is 4.99. The van der Waals surface area contributed by atoms with E-state index in [1.807, 2.05) is 42.5 Å². The third kappa shape index (κ3) is 4.20. The Morgan fingerprint density at radius 3 is 1.71 bits per heavy atom. The van der Waals surface area contributed by atoms with Gasteiger partial charge in [-0.25, -0.2) is 0 Å². The van der Waals surface area contributed by atoms with Crippen LogP contribution in [0.4, 0.5) is 0 Å². The van der Waals surface area contributed by atoms with Gasteiger partial charge in [0.25, 0.3) is 0 Å². The van der Waals surface area contributed by atoms with E-state index in [1.165, 1.54) is 0 Å². The van der Waals surface area contributed by atoms with E-state index in [9.17, 15) is 0 Å². The summed E-state index contributed by atoms with van der Waals surface area (Å²) in [5.41, 5.74) is 2.80. The lowest BCUT2D eigenvalue weighted by atomic mass is 9.84. The third-order valence-electron chi connectivity index (χ3n) is 6.78. The van der Waals surface area contributed by atoms with Crippen LogP contribution < -0.4 is 33.2 Å². The molecule has 4 aromatic rings. The lowest BCUT2D eigenvalue weighted by molar-refractivity contribution is 0.323. The Labute approximate surface area is 222 Å². The molecule has 38 heavy (non-hydrogen) atoms. The summed E-state index contributed by atoms with van der Waals surface area (Å²) in [5.74, 6) is 4.53. The maximum atomic E-state index is 6.53. The standard InChI is InChI=1S/C31H30O7/c1-32-25-13-19(14-26(33-2)30(25)36-5)22-17-24(20-15-27(34-3)31(37-6)28(16-20)35-4)38-23-12-11-18-9-7-8-10-21(18)29(22)23/h7-17,22H,1-6H3. The first-order chi connectivity index (χ1) is 18.6. The van der Waals surface area contributed by atoms with Crippen molar-refractivity contribution >= 4 is 16.5 Å². The second-order valence-corrected chi connectivity index (χ2v) is 8.68. The molecular weight excluding hydrogens is 484 g/mol. The molecule has 0 amide bonds. The van der Waals surface area contributed by atoms with Gasteiger partial charge in [0.05, 0.1) is 42.7 Å². The van der Waals surface area contributed by atoms with Gasteiger partial charge in [0.1, 0.15) is 11.5 Å². The number of rotatable bonds is 8. The average molecular weight is 515 g/mol. The van der Waals surface area contributed by atoms with Crippen LogP contribution in [-0.4, -0.2) is 42.7 Å². The highest BCUT2D eigenvalue weighted by molar-refractivity contribution is 5.91. The van der Waals surface area contributed by atoms with Crippen molar-refractivity contribution in [3.8, 4) is 40.2 Å². The van der Waals surface area contributed by atoms with Crippen molar-refractivity contribution in [1.29, 1.82) is 0 Å². The average Bonchev–Trinajstić information content (AvgIpc) is 2.98. The van der Waals surface area contributed by atoms with Crippen molar-refractivity contribution in [1.82, 2.24) is 0 Å². The molecule has 196 valence electrons. The van der Waals surface area contributed by atoms with Crippen LogP contribution in [0.15, 0.2) is 66.7 Å². The largest absolute Gasteiger partial charge is 0.493 e. The van der Waals surface area contributed by atoms with Gasteiger partial charge in [-0.3, -0.25) is 0 Å². The Morgan fingerprint density at radius 1 is 0.605 bits per heavy atom. The first-order valence-corrected chi connectivity index (χ1v) is 12.1. The van der Waals surface area contributed by atoms with Gasteiger partial charge in [-0.1, -0.05) is 30.3 Å². The number of benzene rings is 4. The summed E-state index contributed by atoms with van der Waals surface area (Å²) in [5, 5.41) is 2.22. The SMILES string of the molecule is COc1cc(C2=CC(c3cc(OC)c(OC)c(OC)c3)c3c(ccc4ccccc34)O2)cc(OC)c1OC. The maximum Gasteiger partial charge on any atom is 0.203 e. The minimum Gasteiger partial charge on any atom is -0.493 e. The van der Waals surface area contributed by atoms with Crippen LogP contribution in [0.3, 0.4) is 0 Å². The molecule has 4 aromatic carbocycles. The molecule has 1 aliphatic heterocycles. The summed E-state index contributed by atoms with van der Waals surface area (Å²) in [6.07, 6.45) is 2.09. The fraction of sp³-hybridized carbons (Fsp3) is 0.226. The van der Waals surface area contributed by atoms with Crippen LogP contribution in [0.25, 0.3) is 16.5 Å². The zero-order chi connectivity index (χ0) is 26.8. The topological polar surface area (TPSA) is 64.6 Å². The molecule has 1 unspecified atom stereocenters. The molecule has 1 atom stereocenters. The summed E-state index contributed by atoms with van der Waals surface area (Å²) >= 11 is 0. The van der Waals surface area contributed by atoms with Crippen LogP contribution >= 0.6 is 0 Å². The minimum absolute atomic E-state index is 0.187. The summed E-state index contributed by atoms with van der Waals surface area (Å²) in [6.45, 7) is 0. The number of fused-ring (bicyclic) bond motifs is 3. The van der Waals surface area contributed by atoms with E-state index in [2.05, 4.69) is 24.3 Å². The predicted molar refractivity (Wildman–Crippen MR) is 147 cm³/mol. The predicted octanol–water partition coefficient (Wildman–Crippen LogP) is 6.46. The van der Waals surface area contributed by atoms with Gasteiger partial charge < -0.3 is 33.2 Å². The summed E-state index contributed by atoms with van der Waals surface area (Å²) < 4.78 is 40.2. The van der Waals surface area contributed by atoms with Crippen LogP contribution in [0, 0.1) is 0 Å². The minimum atomic E-state index is -0.187. The second kappa shape index (κ2) is 10.5. The Balaban J connectivity index is 1.77. The van der Waals surface area contributed by atoms with Gasteiger partial charge in [0.15, 0.2) is 23.0 Å². The van der Waals surface area contributed by atoms with Gasteiger partial charge >= 0.3 is 0 Å². The molecule has 0 aromatic heterocycles. The molecule has 5 rings (SSSR count). The van der Waals surface area contributed by atoms with Crippen molar-refractivity contribution in [2.75, 3.05) is 42.7 Å². The van der Waals surface area contributed by atoms with Gasteiger partial charge in [-0.15, -0.1) is 0 Å². The molecule has 0 aliphatic carbocycles. The molecule has 0 bridgehead atoms. The van der Waals surface area contributed by atoms with Crippen molar-refractivity contribution < 1.29 is 33.2 Å². The van der Waals surface area contributed by atoms with Gasteiger partial charge in [0, 0.05) is 17.0 Å². The van der Waals surface area contributed by atoms with Crippen molar-refractivity contribution in [3.63, 3.8) is 0 Å². The molecule has 1 aliphatic rings. The van der Waals surface area contributed by atoms with E-state index >= 15 is 0 Å². The monoisotopic (exact) mass is 514 g/mol. The Kier molecular flexibility index (Phi) is 6.92. The quantitative estimate of drug-likeness (QED) is 0.267. The summed E-state index contributed by atoms with van der Waals surface area (Å²) in [6, 6.07) is 20.1. The highest BCUT2D eigenvalue weighted by atomic mass is 16.5. The number of hydrogen-bond donors (Lipinski definition) is 0. The molecule has 1 heterocycles. The van der Waals surface area contributed by atoms with E-state index in [4.69, 9.17) is 33.2 Å². The molecule has 0 radical (unpaired) electrons. The Morgan fingerprint density at radius 2 is 1.16 bits per heavy atom. The van der Waals surface area contributed by atoms with E-state index in [-0.39, 0.29) is 5.92 Å². The molecule has 0 saturated carbocycles. The summed E-state index contributed by atoms with van der Waals surface area (Å²) in [7, 11) is 9.60. The van der Waals surface area contributed by atoms with Crippen LogP contribution in [0.2, 0.25) is 0 Å². The van der Waals surface area contributed by atoms with Gasteiger partial charge in [-0.05, 0) is 52.7 Å². The number of hydrogen-bond acceptors (Lipinski definition) is 7. The number of ether oxygens (including phenoxy) is 7. The molecule has 0 saturated heterocycles. The van der Waals surface area contributed by atoms with E-state index in [1.54, 1.807) is 42.7 Å². The molecule has 0 N–H and O–H groups in total. The highest BCUT2D eigenvalue weighted by Gasteiger charge is 2.29. The van der Waals surface area contributed by atoms with Gasteiger partial charge in [0.2, 0.25) is 11.5 Å². The molecule has 7 heteroatoms. The Bertz CT molecular complexity index is 1470. The zero-order valence-electron chi connectivity index (χ0n) is 22.3.